The normalized spacial score (nSPS) is 11.2. The van der Waals surface area contributed by atoms with Gasteiger partial charge in [-0.1, -0.05) is 67.6 Å². The summed E-state index contributed by atoms with van der Waals surface area (Å²) in [5.74, 6) is 0.459. The minimum atomic E-state index is -0.532. The monoisotopic (exact) mass is 462 g/mol. The van der Waals surface area contributed by atoms with Crippen molar-refractivity contribution in [2.45, 2.75) is 13.3 Å². The highest BCUT2D eigenvalue weighted by Crippen LogP contribution is 2.27. The number of carbonyl (C=O) groups is 1. The topological polar surface area (TPSA) is 65.7 Å². The quantitative estimate of drug-likeness (QED) is 0.156. The van der Waals surface area contributed by atoms with Gasteiger partial charge in [0.1, 0.15) is 23.3 Å². The van der Waals surface area contributed by atoms with Gasteiger partial charge in [0, 0.05) is 12.1 Å². The first kappa shape index (κ1) is 22.2. The maximum absolute atomic E-state index is 12.9. The highest BCUT2D eigenvalue weighted by atomic mass is 16.5. The highest BCUT2D eigenvalue weighted by molar-refractivity contribution is 5.95. The Hall–Kier alpha value is -4.64. The number of hydrogen-bond acceptors (Lipinski definition) is 5. The summed E-state index contributed by atoms with van der Waals surface area (Å²) in [7, 11) is 0. The zero-order valence-electron chi connectivity index (χ0n) is 19.1. The summed E-state index contributed by atoms with van der Waals surface area (Å²) in [4.78, 5) is 25.3. The summed E-state index contributed by atoms with van der Waals surface area (Å²) in [5, 5.41) is 2.47. The maximum Gasteiger partial charge on any atom is 0.336 e. The molecule has 35 heavy (non-hydrogen) atoms. The molecule has 5 rings (SSSR count). The maximum atomic E-state index is 12.9. The first-order valence-corrected chi connectivity index (χ1v) is 11.3. The van der Waals surface area contributed by atoms with Crippen LogP contribution in [0.15, 0.2) is 106 Å². The summed E-state index contributed by atoms with van der Waals surface area (Å²) < 4.78 is 16.9. The number of carbonyl (C=O) groups excluding carboxylic acids is 1. The predicted octanol–water partition coefficient (Wildman–Crippen LogP) is 6.92. The third-order valence-electron chi connectivity index (χ3n) is 5.73. The van der Waals surface area contributed by atoms with Gasteiger partial charge in [-0.3, -0.25) is 4.79 Å². The molecule has 0 atom stereocenters. The van der Waals surface area contributed by atoms with E-state index in [0.29, 0.717) is 16.7 Å². The van der Waals surface area contributed by atoms with Crippen LogP contribution in [0.4, 0.5) is 0 Å². The third kappa shape index (κ3) is 4.70. The van der Waals surface area contributed by atoms with Crippen LogP contribution in [0, 0.1) is 0 Å². The lowest BCUT2D eigenvalue weighted by molar-refractivity contribution is -0.128. The van der Waals surface area contributed by atoms with Gasteiger partial charge in [0.15, 0.2) is 0 Å². The van der Waals surface area contributed by atoms with E-state index in [1.54, 1.807) is 18.2 Å². The fourth-order valence-corrected chi connectivity index (χ4v) is 3.94. The van der Waals surface area contributed by atoms with Crippen LogP contribution in [0.1, 0.15) is 18.1 Å². The van der Waals surface area contributed by atoms with Crippen LogP contribution in [0.3, 0.4) is 0 Å². The van der Waals surface area contributed by atoms with Gasteiger partial charge in [-0.25, -0.2) is 4.79 Å². The Kier molecular flexibility index (Phi) is 6.14. The van der Waals surface area contributed by atoms with Crippen LogP contribution >= 0.6 is 0 Å². The second-order valence-electron chi connectivity index (χ2n) is 7.97. The molecule has 0 aliphatic carbocycles. The molecule has 0 fully saturated rings. The van der Waals surface area contributed by atoms with Crippen molar-refractivity contribution in [3.63, 3.8) is 0 Å². The third-order valence-corrected chi connectivity index (χ3v) is 5.73. The van der Waals surface area contributed by atoms with Crippen molar-refractivity contribution in [3.8, 4) is 17.2 Å². The van der Waals surface area contributed by atoms with Gasteiger partial charge in [0.05, 0.1) is 5.39 Å². The van der Waals surface area contributed by atoms with E-state index in [1.807, 2.05) is 73.7 Å². The van der Waals surface area contributed by atoms with Gasteiger partial charge >= 0.3 is 5.97 Å². The van der Waals surface area contributed by atoms with Gasteiger partial charge in [0.2, 0.25) is 11.2 Å². The van der Waals surface area contributed by atoms with Crippen molar-refractivity contribution in [1.29, 1.82) is 0 Å². The number of hydrogen-bond donors (Lipinski definition) is 0. The largest absolute Gasteiger partial charge is 0.460 e. The van der Waals surface area contributed by atoms with Crippen molar-refractivity contribution >= 4 is 33.8 Å². The van der Waals surface area contributed by atoms with E-state index in [2.05, 4.69) is 0 Å². The number of para-hydroxylation sites is 1. The Balaban J connectivity index is 1.35. The van der Waals surface area contributed by atoms with Crippen LogP contribution in [0.2, 0.25) is 0 Å². The zero-order valence-corrected chi connectivity index (χ0v) is 19.1. The molecule has 1 heterocycles. The fraction of sp³-hybridized carbons (Fsp3) is 0.0667. The molecule has 0 unspecified atom stereocenters. The SMILES string of the molecule is CCc1ccccc1Oc1coc2cc(OC(=O)/C=C/c3cccc4ccccc34)ccc2c1=O. The average molecular weight is 463 g/mol. The van der Waals surface area contributed by atoms with Crippen molar-refractivity contribution < 1.29 is 18.7 Å². The van der Waals surface area contributed by atoms with E-state index in [9.17, 15) is 9.59 Å². The lowest BCUT2D eigenvalue weighted by Crippen LogP contribution is -2.07. The summed E-state index contributed by atoms with van der Waals surface area (Å²) in [6.07, 6.45) is 5.16. The van der Waals surface area contributed by atoms with Crippen LogP contribution < -0.4 is 14.9 Å². The standard InChI is InChI=1S/C30H22O5/c1-2-20-8-4-6-13-26(20)35-28-19-33-27-18-23(15-16-25(27)30(28)32)34-29(31)17-14-22-11-7-10-21-9-3-5-12-24(21)22/h3-19H,2H2,1H3/b17-14+. The van der Waals surface area contributed by atoms with E-state index >= 15 is 0 Å². The Morgan fingerprint density at radius 1 is 0.886 bits per heavy atom. The molecular weight excluding hydrogens is 440 g/mol. The van der Waals surface area contributed by atoms with Crippen molar-refractivity contribution in [2.24, 2.45) is 0 Å². The van der Waals surface area contributed by atoms with Crippen LogP contribution in [-0.4, -0.2) is 5.97 Å². The van der Waals surface area contributed by atoms with Crippen LogP contribution in [0.25, 0.3) is 27.8 Å². The summed E-state index contributed by atoms with van der Waals surface area (Å²) in [6, 6.07) is 26.1. The van der Waals surface area contributed by atoms with Crippen LogP contribution in [0.5, 0.6) is 17.2 Å². The minimum absolute atomic E-state index is 0.0983. The van der Waals surface area contributed by atoms with E-state index in [4.69, 9.17) is 13.9 Å². The first-order valence-electron chi connectivity index (χ1n) is 11.3. The van der Waals surface area contributed by atoms with Crippen LogP contribution in [-0.2, 0) is 11.2 Å². The van der Waals surface area contributed by atoms with Crippen molar-refractivity contribution in [1.82, 2.24) is 0 Å². The number of esters is 1. The van der Waals surface area contributed by atoms with Crippen molar-refractivity contribution in [3.05, 3.63) is 119 Å². The molecule has 0 bridgehead atoms. The molecule has 0 radical (unpaired) electrons. The molecule has 5 nitrogen and oxygen atoms in total. The average Bonchev–Trinajstić information content (AvgIpc) is 2.89. The fourth-order valence-electron chi connectivity index (χ4n) is 3.94. The van der Waals surface area contributed by atoms with E-state index in [0.717, 1.165) is 28.3 Å². The first-order chi connectivity index (χ1) is 17.1. The Morgan fingerprint density at radius 3 is 2.57 bits per heavy atom. The number of aryl methyl sites for hydroxylation is 1. The molecule has 0 N–H and O–H groups in total. The number of benzene rings is 4. The summed E-state index contributed by atoms with van der Waals surface area (Å²) in [5.41, 5.74) is 1.91. The molecule has 0 aliphatic rings. The second-order valence-corrected chi connectivity index (χ2v) is 7.97. The van der Waals surface area contributed by atoms with E-state index in [-0.39, 0.29) is 16.9 Å². The molecule has 0 saturated carbocycles. The van der Waals surface area contributed by atoms with E-state index < -0.39 is 5.97 Å². The molecule has 4 aromatic carbocycles. The van der Waals surface area contributed by atoms with E-state index in [1.165, 1.54) is 18.4 Å². The molecule has 0 amide bonds. The Bertz CT molecular complexity index is 1620. The molecule has 0 saturated heterocycles. The molecule has 0 aliphatic heterocycles. The van der Waals surface area contributed by atoms with Gasteiger partial charge in [-0.15, -0.1) is 0 Å². The molecule has 172 valence electrons. The lowest BCUT2D eigenvalue weighted by atomic mass is 10.0. The number of rotatable bonds is 6. The zero-order chi connectivity index (χ0) is 24.2. The van der Waals surface area contributed by atoms with Gasteiger partial charge < -0.3 is 13.9 Å². The predicted molar refractivity (Wildman–Crippen MR) is 137 cm³/mol. The summed E-state index contributed by atoms with van der Waals surface area (Å²) >= 11 is 0. The molecule has 0 spiro atoms. The summed E-state index contributed by atoms with van der Waals surface area (Å²) in [6.45, 7) is 2.02. The van der Waals surface area contributed by atoms with Gasteiger partial charge in [-0.2, -0.15) is 0 Å². The smallest absolute Gasteiger partial charge is 0.336 e. The highest BCUT2D eigenvalue weighted by Gasteiger charge is 2.12. The number of fused-ring (bicyclic) bond motifs is 2. The molecule has 5 aromatic rings. The van der Waals surface area contributed by atoms with Gasteiger partial charge in [-0.05, 0) is 52.6 Å². The molecule has 1 aromatic heterocycles. The second kappa shape index (κ2) is 9.69. The lowest BCUT2D eigenvalue weighted by Gasteiger charge is -2.09. The van der Waals surface area contributed by atoms with Gasteiger partial charge in [0.25, 0.3) is 0 Å². The Labute approximate surface area is 201 Å². The van der Waals surface area contributed by atoms with Crippen molar-refractivity contribution in [2.75, 3.05) is 0 Å². The molecular formula is C30H22O5. The molecule has 5 heteroatoms. The Morgan fingerprint density at radius 2 is 1.69 bits per heavy atom. The minimum Gasteiger partial charge on any atom is -0.460 e. The number of ether oxygens (including phenoxy) is 2.